The first kappa shape index (κ1) is 13.2. The van der Waals surface area contributed by atoms with Crippen LogP contribution in [0.25, 0.3) is 0 Å². The van der Waals surface area contributed by atoms with Gasteiger partial charge in [0.15, 0.2) is 11.6 Å². The molecule has 0 saturated heterocycles. The molecule has 2 aromatic heterocycles. The second-order valence-electron chi connectivity index (χ2n) is 3.50. The molecule has 6 heteroatoms. The van der Waals surface area contributed by atoms with Crippen molar-refractivity contribution in [2.45, 2.75) is 6.42 Å². The lowest BCUT2D eigenvalue weighted by atomic mass is 10.0. The van der Waals surface area contributed by atoms with Crippen molar-refractivity contribution in [3.8, 4) is 0 Å². The van der Waals surface area contributed by atoms with E-state index in [2.05, 4.69) is 4.98 Å². The highest BCUT2D eigenvalue weighted by Crippen LogP contribution is 2.32. The number of hydrogen-bond donors (Lipinski definition) is 0. The number of hydrogen-bond acceptors (Lipinski definition) is 4. The second kappa shape index (κ2) is 5.61. The first-order chi connectivity index (χ1) is 8.58. The van der Waals surface area contributed by atoms with Gasteiger partial charge in [-0.25, -0.2) is 0 Å². The standard InChI is InChI=1S/C12H7Cl2NO2S/c13-11-5-8(12(14)18-11)10(17)6-9(16)7-1-3-15-4-2-7/h1-5H,6H2. The predicted molar refractivity (Wildman–Crippen MR) is 71.9 cm³/mol. The smallest absolute Gasteiger partial charge is 0.173 e. The summed E-state index contributed by atoms with van der Waals surface area (Å²) in [6.07, 6.45) is 2.79. The summed E-state index contributed by atoms with van der Waals surface area (Å²) in [6, 6.07) is 4.62. The number of thiophene rings is 1. The Morgan fingerprint density at radius 2 is 1.83 bits per heavy atom. The maximum Gasteiger partial charge on any atom is 0.173 e. The number of aromatic nitrogens is 1. The summed E-state index contributed by atoms with van der Waals surface area (Å²) in [4.78, 5) is 27.5. The van der Waals surface area contributed by atoms with Crippen molar-refractivity contribution in [1.82, 2.24) is 4.98 Å². The zero-order valence-electron chi connectivity index (χ0n) is 9.02. The number of nitrogens with zero attached hydrogens (tertiary/aromatic N) is 1. The van der Waals surface area contributed by atoms with E-state index in [9.17, 15) is 9.59 Å². The first-order valence-electron chi connectivity index (χ1n) is 4.99. The van der Waals surface area contributed by atoms with Crippen molar-refractivity contribution < 1.29 is 9.59 Å². The second-order valence-corrected chi connectivity index (χ2v) is 5.78. The molecule has 2 heterocycles. The number of carbonyl (C=O) groups excluding carboxylic acids is 2. The fourth-order valence-electron chi connectivity index (χ4n) is 1.41. The molecule has 0 unspecified atom stereocenters. The summed E-state index contributed by atoms with van der Waals surface area (Å²) < 4.78 is 0.743. The average molecular weight is 300 g/mol. The molecule has 0 N–H and O–H groups in total. The van der Waals surface area contributed by atoms with Gasteiger partial charge in [0.05, 0.1) is 10.8 Å². The van der Waals surface area contributed by atoms with Crippen LogP contribution in [-0.2, 0) is 0 Å². The molecule has 0 amide bonds. The molecule has 2 rings (SSSR count). The summed E-state index contributed by atoms with van der Waals surface area (Å²) in [5.74, 6) is -0.592. The summed E-state index contributed by atoms with van der Waals surface area (Å²) in [6.45, 7) is 0. The molecule has 0 bridgehead atoms. The van der Waals surface area contributed by atoms with Crippen LogP contribution in [0.15, 0.2) is 30.6 Å². The van der Waals surface area contributed by atoms with Gasteiger partial charge in [0.2, 0.25) is 0 Å². The molecule has 0 aliphatic heterocycles. The third kappa shape index (κ3) is 2.96. The number of ketones is 2. The molecule has 0 aliphatic rings. The van der Waals surface area contributed by atoms with Crippen LogP contribution in [0.4, 0.5) is 0 Å². The molecule has 0 radical (unpaired) electrons. The van der Waals surface area contributed by atoms with Gasteiger partial charge in [-0.15, -0.1) is 11.3 Å². The van der Waals surface area contributed by atoms with E-state index in [4.69, 9.17) is 23.2 Å². The molecule has 18 heavy (non-hydrogen) atoms. The van der Waals surface area contributed by atoms with Gasteiger partial charge in [-0.2, -0.15) is 0 Å². The van der Waals surface area contributed by atoms with Crippen molar-refractivity contribution in [3.63, 3.8) is 0 Å². The van der Waals surface area contributed by atoms with Crippen LogP contribution in [-0.4, -0.2) is 16.6 Å². The maximum atomic E-state index is 11.9. The van der Waals surface area contributed by atoms with E-state index < -0.39 is 0 Å². The quantitative estimate of drug-likeness (QED) is 0.635. The van der Waals surface area contributed by atoms with Crippen molar-refractivity contribution in [3.05, 3.63) is 50.4 Å². The normalized spacial score (nSPS) is 10.3. The summed E-state index contributed by atoms with van der Waals surface area (Å²) in [7, 11) is 0. The van der Waals surface area contributed by atoms with Crippen LogP contribution in [0.2, 0.25) is 8.67 Å². The van der Waals surface area contributed by atoms with Gasteiger partial charge in [0, 0.05) is 23.5 Å². The Balaban J connectivity index is 2.13. The molecule has 0 aromatic carbocycles. The van der Waals surface area contributed by atoms with Gasteiger partial charge in [-0.3, -0.25) is 14.6 Å². The topological polar surface area (TPSA) is 47.0 Å². The minimum Gasteiger partial charge on any atom is -0.294 e. The van der Waals surface area contributed by atoms with E-state index in [0.29, 0.717) is 19.8 Å². The third-order valence-electron chi connectivity index (χ3n) is 2.28. The molecular formula is C12H7Cl2NO2S. The Morgan fingerprint density at radius 1 is 1.17 bits per heavy atom. The Labute approximate surface area is 117 Å². The number of pyridine rings is 1. The lowest BCUT2D eigenvalue weighted by molar-refractivity contribution is 0.0894. The van der Waals surface area contributed by atoms with Gasteiger partial charge in [0.25, 0.3) is 0 Å². The Hall–Kier alpha value is -1.23. The molecule has 0 atom stereocenters. The van der Waals surface area contributed by atoms with E-state index >= 15 is 0 Å². The zero-order valence-corrected chi connectivity index (χ0v) is 11.4. The Bertz CT molecular complexity index is 595. The van der Waals surface area contributed by atoms with Gasteiger partial charge in [-0.05, 0) is 18.2 Å². The first-order valence-corrected chi connectivity index (χ1v) is 6.56. The fraction of sp³-hybridized carbons (Fsp3) is 0.0833. The minimum absolute atomic E-state index is 0.225. The predicted octanol–water partition coefficient (Wildman–Crippen LogP) is 3.91. The zero-order chi connectivity index (χ0) is 13.1. The molecule has 2 aromatic rings. The summed E-state index contributed by atoms with van der Waals surface area (Å²) >= 11 is 12.7. The van der Waals surface area contributed by atoms with Gasteiger partial charge >= 0.3 is 0 Å². The number of halogens is 2. The fourth-order valence-corrected chi connectivity index (χ4v) is 2.91. The highest BCUT2D eigenvalue weighted by atomic mass is 35.5. The molecule has 0 fully saturated rings. The Morgan fingerprint density at radius 3 is 2.39 bits per heavy atom. The van der Waals surface area contributed by atoms with Crippen LogP contribution in [0.3, 0.4) is 0 Å². The highest BCUT2D eigenvalue weighted by Gasteiger charge is 2.18. The molecule has 0 spiro atoms. The van der Waals surface area contributed by atoms with Crippen LogP contribution in [0, 0.1) is 0 Å². The largest absolute Gasteiger partial charge is 0.294 e. The van der Waals surface area contributed by atoms with Gasteiger partial charge in [0.1, 0.15) is 4.34 Å². The number of carbonyl (C=O) groups is 2. The monoisotopic (exact) mass is 299 g/mol. The lowest BCUT2D eigenvalue weighted by Gasteiger charge is -1.99. The van der Waals surface area contributed by atoms with Crippen LogP contribution in [0.5, 0.6) is 0 Å². The SMILES string of the molecule is O=C(CC(=O)c1cc(Cl)sc1Cl)c1ccncc1. The van der Waals surface area contributed by atoms with E-state index in [-0.39, 0.29) is 18.0 Å². The maximum absolute atomic E-state index is 11.9. The van der Waals surface area contributed by atoms with Gasteiger partial charge < -0.3 is 0 Å². The number of Topliss-reactive ketones (excluding diaryl/α,β-unsaturated/α-hetero) is 2. The minimum atomic E-state index is -0.329. The molecular weight excluding hydrogens is 293 g/mol. The molecule has 3 nitrogen and oxygen atoms in total. The number of rotatable bonds is 4. The highest BCUT2D eigenvalue weighted by molar-refractivity contribution is 7.20. The summed E-state index contributed by atoms with van der Waals surface area (Å²) in [5, 5.41) is 0. The van der Waals surface area contributed by atoms with Gasteiger partial charge in [-0.1, -0.05) is 23.2 Å². The summed E-state index contributed by atoms with van der Waals surface area (Å²) in [5.41, 5.74) is 0.755. The van der Waals surface area contributed by atoms with Crippen molar-refractivity contribution in [1.29, 1.82) is 0 Å². The average Bonchev–Trinajstić information content (AvgIpc) is 2.69. The van der Waals surface area contributed by atoms with E-state index in [1.807, 2.05) is 0 Å². The molecule has 0 aliphatic carbocycles. The van der Waals surface area contributed by atoms with E-state index in [1.54, 1.807) is 12.1 Å². The molecule has 92 valence electrons. The van der Waals surface area contributed by atoms with Crippen molar-refractivity contribution >= 4 is 46.1 Å². The van der Waals surface area contributed by atoms with Crippen LogP contribution >= 0.6 is 34.5 Å². The lowest BCUT2D eigenvalue weighted by Crippen LogP contribution is -2.08. The third-order valence-corrected chi connectivity index (χ3v) is 3.77. The Kier molecular flexibility index (Phi) is 4.11. The van der Waals surface area contributed by atoms with Crippen LogP contribution < -0.4 is 0 Å². The van der Waals surface area contributed by atoms with Crippen molar-refractivity contribution in [2.75, 3.05) is 0 Å². The van der Waals surface area contributed by atoms with Crippen LogP contribution in [0.1, 0.15) is 27.1 Å². The van der Waals surface area contributed by atoms with E-state index in [1.165, 1.54) is 18.5 Å². The van der Waals surface area contributed by atoms with E-state index in [0.717, 1.165) is 11.3 Å². The van der Waals surface area contributed by atoms with Crippen molar-refractivity contribution in [2.24, 2.45) is 0 Å². The molecule has 0 saturated carbocycles.